The van der Waals surface area contributed by atoms with Crippen molar-refractivity contribution in [2.45, 2.75) is 19.4 Å². The van der Waals surface area contributed by atoms with Crippen molar-refractivity contribution in [3.8, 4) is 0 Å². The lowest BCUT2D eigenvalue weighted by molar-refractivity contribution is -0.121. The monoisotopic (exact) mass is 385 g/mol. The number of hydrogen-bond acceptors (Lipinski definition) is 3. The molecule has 5 heteroatoms. The maximum absolute atomic E-state index is 12.6. The molecular formula is C24H23N3O2. The van der Waals surface area contributed by atoms with E-state index in [1.54, 1.807) is 24.3 Å². The smallest absolute Gasteiger partial charge is 0.251 e. The van der Waals surface area contributed by atoms with Crippen LogP contribution >= 0.6 is 0 Å². The van der Waals surface area contributed by atoms with Gasteiger partial charge in [-0.15, -0.1) is 0 Å². The van der Waals surface area contributed by atoms with Crippen molar-refractivity contribution in [1.29, 1.82) is 0 Å². The van der Waals surface area contributed by atoms with Crippen LogP contribution in [0, 0.1) is 0 Å². The molecule has 0 unspecified atom stereocenters. The quantitative estimate of drug-likeness (QED) is 0.475. The molecule has 5 nitrogen and oxygen atoms in total. The fourth-order valence-electron chi connectivity index (χ4n) is 2.89. The molecule has 0 aliphatic carbocycles. The van der Waals surface area contributed by atoms with Crippen molar-refractivity contribution in [1.82, 2.24) is 10.7 Å². The van der Waals surface area contributed by atoms with Crippen molar-refractivity contribution in [2.24, 2.45) is 5.10 Å². The van der Waals surface area contributed by atoms with Crippen LogP contribution in [0.2, 0.25) is 0 Å². The Morgan fingerprint density at radius 3 is 1.90 bits per heavy atom. The number of carbonyl (C=O) groups is 2. The van der Waals surface area contributed by atoms with Gasteiger partial charge in [-0.2, -0.15) is 5.10 Å². The highest BCUT2D eigenvalue weighted by atomic mass is 16.2. The third-order valence-electron chi connectivity index (χ3n) is 4.47. The van der Waals surface area contributed by atoms with Gasteiger partial charge < -0.3 is 5.32 Å². The maximum atomic E-state index is 12.6. The molecular weight excluding hydrogens is 362 g/mol. The Morgan fingerprint density at radius 2 is 1.31 bits per heavy atom. The number of carbonyl (C=O) groups excluding carboxylic acids is 2. The van der Waals surface area contributed by atoms with Crippen LogP contribution in [0.3, 0.4) is 0 Å². The molecule has 0 radical (unpaired) electrons. The summed E-state index contributed by atoms with van der Waals surface area (Å²) in [5.41, 5.74) is 5.64. The van der Waals surface area contributed by atoms with Gasteiger partial charge in [0.2, 0.25) is 5.91 Å². The van der Waals surface area contributed by atoms with Crippen molar-refractivity contribution >= 4 is 17.5 Å². The number of rotatable bonds is 7. The predicted octanol–water partition coefficient (Wildman–Crippen LogP) is 4.09. The van der Waals surface area contributed by atoms with Gasteiger partial charge in [-0.3, -0.25) is 9.59 Å². The second kappa shape index (κ2) is 9.99. The molecule has 0 heterocycles. The summed E-state index contributed by atoms with van der Waals surface area (Å²) in [5.74, 6) is -0.501. The summed E-state index contributed by atoms with van der Waals surface area (Å²) in [4.78, 5) is 25.1. The van der Waals surface area contributed by atoms with Gasteiger partial charge in [0.1, 0.15) is 0 Å². The van der Waals surface area contributed by atoms with Crippen molar-refractivity contribution in [3.05, 3.63) is 108 Å². The molecule has 1 atom stereocenters. The molecule has 0 spiro atoms. The van der Waals surface area contributed by atoms with Crippen molar-refractivity contribution in [2.75, 3.05) is 0 Å². The van der Waals surface area contributed by atoms with E-state index in [9.17, 15) is 9.59 Å². The van der Waals surface area contributed by atoms with Crippen LogP contribution in [0.15, 0.2) is 96.1 Å². The Balaban J connectivity index is 1.70. The summed E-state index contributed by atoms with van der Waals surface area (Å²) in [6.07, 6.45) is 0.0775. The zero-order valence-electron chi connectivity index (χ0n) is 16.2. The minimum atomic E-state index is -0.462. The minimum absolute atomic E-state index is 0.0775. The first kappa shape index (κ1) is 20.0. The highest BCUT2D eigenvalue weighted by Gasteiger charge is 2.19. The Morgan fingerprint density at radius 1 is 0.793 bits per heavy atom. The molecule has 3 aromatic carbocycles. The number of nitrogens with one attached hydrogen (secondary N) is 2. The van der Waals surface area contributed by atoms with E-state index in [4.69, 9.17) is 0 Å². The summed E-state index contributed by atoms with van der Waals surface area (Å²) in [6.45, 7) is 1.83. The minimum Gasteiger partial charge on any atom is -0.345 e. The third-order valence-corrected chi connectivity index (χ3v) is 4.47. The molecule has 2 amide bonds. The standard InChI is InChI=1S/C24H23N3O2/c1-18(19-11-5-2-6-12-19)26-27-23(28)17-22(20-13-7-3-8-14-20)25-24(29)21-15-9-4-10-16-21/h2-16,22H,17H2,1H3,(H,25,29)(H,27,28)/b26-18-/t22-/m0/s1. The van der Waals surface area contributed by atoms with Gasteiger partial charge in [0, 0.05) is 5.56 Å². The Labute approximate surface area is 170 Å². The summed E-state index contributed by atoms with van der Waals surface area (Å²) < 4.78 is 0. The number of benzene rings is 3. The average Bonchev–Trinajstić information content (AvgIpc) is 2.78. The topological polar surface area (TPSA) is 70.6 Å². The third kappa shape index (κ3) is 5.87. The van der Waals surface area contributed by atoms with E-state index in [1.165, 1.54) is 0 Å². The highest BCUT2D eigenvalue weighted by Crippen LogP contribution is 2.17. The zero-order valence-corrected chi connectivity index (χ0v) is 16.2. The van der Waals surface area contributed by atoms with Crippen LogP contribution in [0.4, 0.5) is 0 Å². The van der Waals surface area contributed by atoms with Crippen LogP contribution in [0.5, 0.6) is 0 Å². The lowest BCUT2D eigenvalue weighted by atomic mass is 10.0. The predicted molar refractivity (Wildman–Crippen MR) is 115 cm³/mol. The Hall–Kier alpha value is -3.73. The lowest BCUT2D eigenvalue weighted by Gasteiger charge is -2.18. The van der Waals surface area contributed by atoms with E-state index in [2.05, 4.69) is 15.8 Å². The van der Waals surface area contributed by atoms with Crippen molar-refractivity contribution in [3.63, 3.8) is 0 Å². The van der Waals surface area contributed by atoms with E-state index in [1.807, 2.05) is 73.7 Å². The second-order valence-electron chi connectivity index (χ2n) is 6.61. The van der Waals surface area contributed by atoms with E-state index in [0.29, 0.717) is 11.3 Å². The number of hydrogen-bond donors (Lipinski definition) is 2. The molecule has 0 aliphatic heterocycles. The molecule has 0 fully saturated rings. The first-order valence-corrected chi connectivity index (χ1v) is 9.43. The fourth-order valence-corrected chi connectivity index (χ4v) is 2.89. The maximum Gasteiger partial charge on any atom is 0.251 e. The molecule has 29 heavy (non-hydrogen) atoms. The summed E-state index contributed by atoms with van der Waals surface area (Å²) >= 11 is 0. The van der Waals surface area contributed by atoms with Gasteiger partial charge in [0.25, 0.3) is 5.91 Å². The first-order chi connectivity index (χ1) is 14.1. The molecule has 3 rings (SSSR count). The molecule has 2 N–H and O–H groups in total. The molecule has 146 valence electrons. The molecule has 0 aromatic heterocycles. The van der Waals surface area contributed by atoms with Gasteiger partial charge >= 0.3 is 0 Å². The highest BCUT2D eigenvalue weighted by molar-refractivity contribution is 5.99. The zero-order chi connectivity index (χ0) is 20.5. The van der Waals surface area contributed by atoms with Gasteiger partial charge in [0.05, 0.1) is 18.2 Å². The largest absolute Gasteiger partial charge is 0.345 e. The number of amides is 2. The average molecular weight is 385 g/mol. The van der Waals surface area contributed by atoms with Crippen molar-refractivity contribution < 1.29 is 9.59 Å². The van der Waals surface area contributed by atoms with E-state index in [-0.39, 0.29) is 18.2 Å². The molecule has 0 saturated heterocycles. The van der Waals surface area contributed by atoms with Crippen LogP contribution in [0.25, 0.3) is 0 Å². The van der Waals surface area contributed by atoms with Crippen LogP contribution in [0.1, 0.15) is 40.9 Å². The second-order valence-corrected chi connectivity index (χ2v) is 6.61. The summed E-state index contributed by atoms with van der Waals surface area (Å²) in [6, 6.07) is 27.5. The van der Waals surface area contributed by atoms with E-state index >= 15 is 0 Å². The molecule has 3 aromatic rings. The lowest BCUT2D eigenvalue weighted by Crippen LogP contribution is -2.32. The number of hydrazone groups is 1. The summed E-state index contributed by atoms with van der Waals surface area (Å²) in [7, 11) is 0. The van der Waals surface area contributed by atoms with Gasteiger partial charge in [-0.1, -0.05) is 78.9 Å². The van der Waals surface area contributed by atoms with Gasteiger partial charge in [-0.25, -0.2) is 5.43 Å². The van der Waals surface area contributed by atoms with Gasteiger partial charge in [-0.05, 0) is 30.2 Å². The van der Waals surface area contributed by atoms with Gasteiger partial charge in [0.15, 0.2) is 0 Å². The first-order valence-electron chi connectivity index (χ1n) is 9.43. The van der Waals surface area contributed by atoms with E-state index in [0.717, 1.165) is 11.1 Å². The fraction of sp³-hybridized carbons (Fsp3) is 0.125. The van der Waals surface area contributed by atoms with E-state index < -0.39 is 6.04 Å². The number of nitrogens with zero attached hydrogens (tertiary/aromatic N) is 1. The normalized spacial score (nSPS) is 12.1. The Kier molecular flexibility index (Phi) is 6.90. The van der Waals surface area contributed by atoms with Crippen LogP contribution in [-0.4, -0.2) is 17.5 Å². The Bertz CT molecular complexity index is 971. The SMILES string of the molecule is C/C(=N/NC(=O)C[C@H](NC(=O)c1ccccc1)c1ccccc1)c1ccccc1. The molecule has 0 bridgehead atoms. The molecule has 0 aliphatic rings. The summed E-state index contributed by atoms with van der Waals surface area (Å²) in [5, 5.41) is 7.13. The van der Waals surface area contributed by atoms with Crippen LogP contribution < -0.4 is 10.7 Å². The molecule has 0 saturated carbocycles. The van der Waals surface area contributed by atoms with Crippen LogP contribution in [-0.2, 0) is 4.79 Å².